The zero-order valence-corrected chi connectivity index (χ0v) is 16.9. The lowest BCUT2D eigenvalue weighted by Crippen LogP contribution is -2.61. The highest BCUT2D eigenvalue weighted by atomic mass is 32.2. The van der Waals surface area contributed by atoms with Crippen LogP contribution in [0, 0.1) is 5.41 Å². The molecule has 1 amide bonds. The van der Waals surface area contributed by atoms with E-state index in [0.29, 0.717) is 31.9 Å². The Kier molecular flexibility index (Phi) is 4.42. The molecule has 3 heterocycles. The molecule has 4 rings (SSSR count). The highest BCUT2D eigenvalue weighted by Crippen LogP contribution is 2.50. The molecule has 1 spiro atoms. The number of hydrogen-bond donors (Lipinski definition) is 0. The number of ether oxygens (including phenoxy) is 1. The number of carbonyl (C=O) groups is 1. The topological polar surface area (TPSA) is 97.6 Å². The van der Waals surface area contributed by atoms with E-state index in [1.54, 1.807) is 35.5 Å². The summed E-state index contributed by atoms with van der Waals surface area (Å²) in [6, 6.07) is 6.38. The van der Waals surface area contributed by atoms with Crippen LogP contribution in [0.5, 0.6) is 5.75 Å². The van der Waals surface area contributed by atoms with Crippen LogP contribution in [0.3, 0.4) is 0 Å². The average molecular weight is 405 g/mol. The summed E-state index contributed by atoms with van der Waals surface area (Å²) in [5.74, 6) is 1.33. The molecular formula is C18H23N5O4S. The zero-order chi connectivity index (χ0) is 20.1. The van der Waals surface area contributed by atoms with Gasteiger partial charge in [0, 0.05) is 51.5 Å². The van der Waals surface area contributed by atoms with Crippen LogP contribution >= 0.6 is 0 Å². The van der Waals surface area contributed by atoms with Gasteiger partial charge in [0.05, 0.1) is 12.0 Å². The Morgan fingerprint density at radius 3 is 2.43 bits per heavy atom. The molecule has 2 fully saturated rings. The van der Waals surface area contributed by atoms with Gasteiger partial charge in [0.15, 0.2) is 0 Å². The lowest BCUT2D eigenvalue weighted by atomic mass is 9.72. The summed E-state index contributed by atoms with van der Waals surface area (Å²) in [5.41, 5.74) is -0.341. The van der Waals surface area contributed by atoms with Crippen molar-refractivity contribution >= 4 is 15.9 Å². The molecule has 0 N–H and O–H groups in total. The largest absolute Gasteiger partial charge is 0.497 e. The zero-order valence-electron chi connectivity index (χ0n) is 16.1. The van der Waals surface area contributed by atoms with Crippen molar-refractivity contribution in [1.82, 2.24) is 24.0 Å². The second-order valence-electron chi connectivity index (χ2n) is 7.56. The molecule has 1 unspecified atom stereocenters. The van der Waals surface area contributed by atoms with Gasteiger partial charge in [0.25, 0.3) is 0 Å². The van der Waals surface area contributed by atoms with Gasteiger partial charge in [-0.15, -0.1) is 10.2 Å². The fraction of sp³-hybridized carbons (Fsp3) is 0.500. The van der Waals surface area contributed by atoms with Crippen molar-refractivity contribution in [2.24, 2.45) is 12.5 Å². The van der Waals surface area contributed by atoms with E-state index >= 15 is 0 Å². The van der Waals surface area contributed by atoms with Crippen molar-refractivity contribution in [2.75, 3.05) is 33.3 Å². The second kappa shape index (κ2) is 6.56. The van der Waals surface area contributed by atoms with Gasteiger partial charge in [-0.25, -0.2) is 8.42 Å². The normalized spacial score (nSPS) is 21.7. The van der Waals surface area contributed by atoms with Crippen LogP contribution in [0.15, 0.2) is 35.5 Å². The fourth-order valence-corrected chi connectivity index (χ4v) is 5.85. The number of rotatable bonds is 4. The van der Waals surface area contributed by atoms with E-state index in [0.717, 1.165) is 5.82 Å². The van der Waals surface area contributed by atoms with Crippen LogP contribution in [0.4, 0.5) is 0 Å². The van der Waals surface area contributed by atoms with Gasteiger partial charge in [0.2, 0.25) is 15.9 Å². The summed E-state index contributed by atoms with van der Waals surface area (Å²) < 4.78 is 34.4. The smallest absolute Gasteiger partial charge is 0.243 e. The van der Waals surface area contributed by atoms with E-state index in [-0.39, 0.29) is 22.1 Å². The van der Waals surface area contributed by atoms with E-state index < -0.39 is 10.0 Å². The number of sulfonamides is 1. The molecule has 0 saturated carbocycles. The first kappa shape index (κ1) is 18.9. The van der Waals surface area contributed by atoms with Crippen LogP contribution in [-0.4, -0.2) is 71.6 Å². The van der Waals surface area contributed by atoms with E-state index in [1.165, 1.54) is 18.3 Å². The third kappa shape index (κ3) is 2.87. The van der Waals surface area contributed by atoms with Crippen LogP contribution in [-0.2, 0) is 21.9 Å². The van der Waals surface area contributed by atoms with Gasteiger partial charge in [-0.3, -0.25) is 4.79 Å². The second-order valence-corrected chi connectivity index (χ2v) is 9.50. The Morgan fingerprint density at radius 1 is 1.21 bits per heavy atom. The first-order chi connectivity index (χ1) is 13.3. The predicted octanol–water partition coefficient (Wildman–Crippen LogP) is 0.460. The van der Waals surface area contributed by atoms with Gasteiger partial charge in [-0.1, -0.05) is 0 Å². The van der Waals surface area contributed by atoms with Crippen molar-refractivity contribution < 1.29 is 17.9 Å². The van der Waals surface area contributed by atoms with Gasteiger partial charge in [0.1, 0.15) is 17.9 Å². The Morgan fingerprint density at radius 2 is 1.89 bits per heavy atom. The highest BCUT2D eigenvalue weighted by molar-refractivity contribution is 7.89. The molecule has 2 saturated heterocycles. The molecule has 1 aromatic heterocycles. The molecule has 1 atom stereocenters. The number of likely N-dealkylation sites (tertiary alicyclic amines) is 1. The third-order valence-corrected chi connectivity index (χ3v) is 7.64. The maximum absolute atomic E-state index is 13.0. The van der Waals surface area contributed by atoms with Crippen molar-refractivity contribution in [3.8, 4) is 5.75 Å². The summed E-state index contributed by atoms with van der Waals surface area (Å²) in [7, 11) is -0.196. The molecule has 9 nitrogen and oxygen atoms in total. The standard InChI is InChI=1S/C18H23N5O4S/c1-13(24)22-8-16(17-20-19-12-21(17)2)18(9-22)10-23(11-18)28(25,26)15-6-4-14(27-3)5-7-15/h4-7,12,16H,8-11H2,1-3H3. The molecule has 1 aromatic carbocycles. The lowest BCUT2D eigenvalue weighted by Gasteiger charge is -2.49. The van der Waals surface area contributed by atoms with Crippen molar-refractivity contribution in [2.45, 2.75) is 17.7 Å². The molecule has 0 aliphatic carbocycles. The van der Waals surface area contributed by atoms with Crippen molar-refractivity contribution in [3.05, 3.63) is 36.4 Å². The van der Waals surface area contributed by atoms with E-state index in [2.05, 4.69) is 10.2 Å². The number of methoxy groups -OCH3 is 1. The SMILES string of the molecule is COc1ccc(S(=O)(=O)N2CC3(CN(C(C)=O)CC3c3nncn3C)C2)cc1. The van der Waals surface area contributed by atoms with Gasteiger partial charge >= 0.3 is 0 Å². The summed E-state index contributed by atoms with van der Waals surface area (Å²) in [6.45, 7) is 3.29. The molecule has 0 bridgehead atoms. The van der Waals surface area contributed by atoms with Gasteiger partial charge in [-0.2, -0.15) is 4.31 Å². The molecule has 150 valence electrons. The van der Waals surface area contributed by atoms with Gasteiger partial charge < -0.3 is 14.2 Å². The van der Waals surface area contributed by atoms with Crippen LogP contribution in [0.25, 0.3) is 0 Å². The fourth-order valence-electron chi connectivity index (χ4n) is 4.22. The minimum atomic E-state index is -3.60. The summed E-state index contributed by atoms with van der Waals surface area (Å²) in [4.78, 5) is 14.0. The Hall–Kier alpha value is -2.46. The number of aryl methyl sites for hydroxylation is 1. The number of nitrogens with zero attached hydrogens (tertiary/aromatic N) is 5. The molecule has 28 heavy (non-hydrogen) atoms. The number of hydrogen-bond acceptors (Lipinski definition) is 6. The van der Waals surface area contributed by atoms with Crippen molar-refractivity contribution in [3.63, 3.8) is 0 Å². The Bertz CT molecular complexity index is 995. The Balaban J connectivity index is 1.59. The average Bonchev–Trinajstić information content (AvgIpc) is 3.24. The summed E-state index contributed by atoms with van der Waals surface area (Å²) in [5, 5.41) is 8.18. The summed E-state index contributed by atoms with van der Waals surface area (Å²) in [6.07, 6.45) is 1.63. The Labute approximate surface area is 164 Å². The van der Waals surface area contributed by atoms with Crippen LogP contribution < -0.4 is 4.74 Å². The summed E-state index contributed by atoms with van der Waals surface area (Å²) >= 11 is 0. The van der Waals surface area contributed by atoms with E-state index in [4.69, 9.17) is 4.74 Å². The van der Waals surface area contributed by atoms with Crippen molar-refractivity contribution in [1.29, 1.82) is 0 Å². The molecule has 2 aromatic rings. The number of carbonyl (C=O) groups excluding carboxylic acids is 1. The van der Waals surface area contributed by atoms with E-state index in [9.17, 15) is 13.2 Å². The third-order valence-electron chi connectivity index (χ3n) is 5.83. The van der Waals surface area contributed by atoms with Crippen LogP contribution in [0.2, 0.25) is 0 Å². The number of benzene rings is 1. The minimum absolute atomic E-state index is 0.0134. The van der Waals surface area contributed by atoms with E-state index in [1.807, 2.05) is 11.6 Å². The molecule has 10 heteroatoms. The van der Waals surface area contributed by atoms with Crippen LogP contribution in [0.1, 0.15) is 18.7 Å². The maximum Gasteiger partial charge on any atom is 0.243 e. The predicted molar refractivity (Wildman–Crippen MR) is 100 cm³/mol. The number of amides is 1. The first-order valence-electron chi connectivity index (χ1n) is 9.00. The minimum Gasteiger partial charge on any atom is -0.497 e. The monoisotopic (exact) mass is 405 g/mol. The molecule has 2 aliphatic heterocycles. The molecule has 2 aliphatic rings. The lowest BCUT2D eigenvalue weighted by molar-refractivity contribution is -0.128. The highest BCUT2D eigenvalue weighted by Gasteiger charge is 2.59. The molecule has 0 radical (unpaired) electrons. The van der Waals surface area contributed by atoms with Gasteiger partial charge in [-0.05, 0) is 24.3 Å². The quantitative estimate of drug-likeness (QED) is 0.733. The molecular weight excluding hydrogens is 382 g/mol. The maximum atomic E-state index is 13.0. The number of aromatic nitrogens is 3. The first-order valence-corrected chi connectivity index (χ1v) is 10.4.